The number of aliphatic hydroxyl groups is 1. The molecule has 1 aromatic rings. The summed E-state index contributed by atoms with van der Waals surface area (Å²) in [5.41, 5.74) is 0.263. The molecule has 2 unspecified atom stereocenters. The normalized spacial score (nSPS) is 22.9. The number of aliphatic hydroxyl groups excluding tert-OH is 1. The summed E-state index contributed by atoms with van der Waals surface area (Å²) >= 11 is 0. The van der Waals surface area contributed by atoms with Crippen molar-refractivity contribution in [2.75, 3.05) is 27.2 Å². The number of rotatable bonds is 5. The van der Waals surface area contributed by atoms with Crippen molar-refractivity contribution in [3.63, 3.8) is 0 Å². The molecule has 0 saturated carbocycles. The van der Waals surface area contributed by atoms with E-state index in [0.717, 1.165) is 12.6 Å². The Hall–Kier alpha value is -1.57. The predicted molar refractivity (Wildman–Crippen MR) is 76.4 cm³/mol. The van der Waals surface area contributed by atoms with E-state index in [1.165, 1.54) is 12.1 Å². The lowest BCUT2D eigenvalue weighted by atomic mass is 10.1. The van der Waals surface area contributed by atoms with Gasteiger partial charge in [0.25, 0.3) is 5.69 Å². The zero-order chi connectivity index (χ0) is 15.6. The molecule has 2 rings (SSSR count). The number of likely N-dealkylation sites (tertiary alicyclic amines) is 1. The first-order valence-corrected chi connectivity index (χ1v) is 6.86. The van der Waals surface area contributed by atoms with E-state index in [4.69, 9.17) is 0 Å². The summed E-state index contributed by atoms with van der Waals surface area (Å²) in [6.07, 6.45) is 0.184. The molecule has 7 heteroatoms. The molecule has 116 valence electrons. The van der Waals surface area contributed by atoms with Crippen LogP contribution in [-0.4, -0.2) is 59.2 Å². The topological polar surface area (TPSA) is 69.8 Å². The van der Waals surface area contributed by atoms with Crippen molar-refractivity contribution in [3.05, 3.63) is 39.7 Å². The Kier molecular flexibility index (Phi) is 4.87. The van der Waals surface area contributed by atoms with Gasteiger partial charge in [0, 0.05) is 37.3 Å². The van der Waals surface area contributed by atoms with E-state index in [9.17, 15) is 19.6 Å². The minimum Gasteiger partial charge on any atom is -0.392 e. The lowest BCUT2D eigenvalue weighted by Crippen LogP contribution is -2.37. The van der Waals surface area contributed by atoms with Crippen molar-refractivity contribution in [2.24, 2.45) is 0 Å². The van der Waals surface area contributed by atoms with Gasteiger partial charge < -0.3 is 10.0 Å². The van der Waals surface area contributed by atoms with Crippen LogP contribution in [0.15, 0.2) is 18.2 Å². The van der Waals surface area contributed by atoms with Crippen LogP contribution >= 0.6 is 0 Å². The molecular weight excluding hydrogens is 277 g/mol. The molecule has 0 bridgehead atoms. The van der Waals surface area contributed by atoms with E-state index in [2.05, 4.69) is 0 Å². The van der Waals surface area contributed by atoms with Crippen molar-refractivity contribution in [1.29, 1.82) is 0 Å². The third-order valence-corrected chi connectivity index (χ3v) is 3.69. The second kappa shape index (κ2) is 6.46. The van der Waals surface area contributed by atoms with Crippen molar-refractivity contribution in [2.45, 2.75) is 25.1 Å². The number of nitro benzene ring substituents is 1. The van der Waals surface area contributed by atoms with E-state index >= 15 is 0 Å². The lowest BCUT2D eigenvalue weighted by Gasteiger charge is -2.26. The van der Waals surface area contributed by atoms with Gasteiger partial charge in [0.15, 0.2) is 0 Å². The molecule has 1 fully saturated rings. The molecular formula is C14H20FN3O3. The molecule has 0 amide bonds. The van der Waals surface area contributed by atoms with Crippen LogP contribution in [0.1, 0.15) is 12.0 Å². The zero-order valence-electron chi connectivity index (χ0n) is 12.2. The third kappa shape index (κ3) is 3.96. The van der Waals surface area contributed by atoms with Crippen LogP contribution in [0.2, 0.25) is 0 Å². The largest absolute Gasteiger partial charge is 0.392 e. The van der Waals surface area contributed by atoms with Crippen molar-refractivity contribution >= 4 is 5.69 Å². The van der Waals surface area contributed by atoms with Gasteiger partial charge in [0.05, 0.1) is 11.0 Å². The fraction of sp³-hybridized carbons (Fsp3) is 0.571. The van der Waals surface area contributed by atoms with E-state index in [0.29, 0.717) is 18.5 Å². The highest BCUT2D eigenvalue weighted by atomic mass is 19.1. The van der Waals surface area contributed by atoms with Gasteiger partial charge in [0.1, 0.15) is 5.82 Å². The summed E-state index contributed by atoms with van der Waals surface area (Å²) in [5, 5.41) is 20.9. The maximum atomic E-state index is 13.4. The summed E-state index contributed by atoms with van der Waals surface area (Å²) in [4.78, 5) is 14.5. The molecule has 0 aliphatic carbocycles. The summed E-state index contributed by atoms with van der Waals surface area (Å²) in [7, 11) is 3.88. The second-order valence-electron chi connectivity index (χ2n) is 5.77. The van der Waals surface area contributed by atoms with E-state index in [-0.39, 0.29) is 18.3 Å². The number of benzene rings is 1. The molecule has 0 radical (unpaired) electrons. The average molecular weight is 297 g/mol. The Morgan fingerprint density at radius 3 is 2.86 bits per heavy atom. The number of nitrogens with zero attached hydrogens (tertiary/aromatic N) is 3. The van der Waals surface area contributed by atoms with Crippen LogP contribution in [0.4, 0.5) is 10.1 Å². The van der Waals surface area contributed by atoms with Crippen LogP contribution in [0.5, 0.6) is 0 Å². The monoisotopic (exact) mass is 297 g/mol. The van der Waals surface area contributed by atoms with Gasteiger partial charge >= 0.3 is 0 Å². The number of nitro groups is 1. The lowest BCUT2D eigenvalue weighted by molar-refractivity contribution is -0.385. The molecule has 1 heterocycles. The molecule has 1 aromatic carbocycles. The molecule has 21 heavy (non-hydrogen) atoms. The SMILES string of the molecule is CN(C)CC1CC(O)CN1Cc1cc(F)ccc1[N+](=O)[O-]. The van der Waals surface area contributed by atoms with Gasteiger partial charge in [-0.3, -0.25) is 15.0 Å². The molecule has 1 saturated heterocycles. The molecule has 1 aliphatic rings. The van der Waals surface area contributed by atoms with Crippen LogP contribution in [-0.2, 0) is 6.54 Å². The quantitative estimate of drug-likeness (QED) is 0.654. The highest BCUT2D eigenvalue weighted by Crippen LogP contribution is 2.26. The highest BCUT2D eigenvalue weighted by Gasteiger charge is 2.32. The fourth-order valence-corrected chi connectivity index (χ4v) is 2.84. The Morgan fingerprint density at radius 2 is 2.24 bits per heavy atom. The minimum absolute atomic E-state index is 0.0820. The van der Waals surface area contributed by atoms with E-state index in [1.807, 2.05) is 23.9 Å². The minimum atomic E-state index is -0.498. The van der Waals surface area contributed by atoms with Crippen LogP contribution in [0.3, 0.4) is 0 Å². The average Bonchev–Trinajstić information content (AvgIpc) is 2.68. The number of hydrogen-bond acceptors (Lipinski definition) is 5. The Labute approximate surface area is 122 Å². The van der Waals surface area contributed by atoms with Gasteiger partial charge in [-0.1, -0.05) is 0 Å². The van der Waals surface area contributed by atoms with Crippen molar-refractivity contribution in [3.8, 4) is 0 Å². The molecule has 0 aromatic heterocycles. The maximum absolute atomic E-state index is 13.4. The van der Waals surface area contributed by atoms with Gasteiger partial charge in [-0.15, -0.1) is 0 Å². The Bertz CT molecular complexity index is 524. The zero-order valence-corrected chi connectivity index (χ0v) is 12.2. The first kappa shape index (κ1) is 15.8. The first-order valence-electron chi connectivity index (χ1n) is 6.86. The maximum Gasteiger partial charge on any atom is 0.274 e. The molecule has 2 atom stereocenters. The van der Waals surface area contributed by atoms with Crippen molar-refractivity contribution < 1.29 is 14.4 Å². The predicted octanol–water partition coefficient (Wildman–Crippen LogP) is 1.23. The first-order chi connectivity index (χ1) is 9.86. The Morgan fingerprint density at radius 1 is 1.52 bits per heavy atom. The van der Waals surface area contributed by atoms with E-state index in [1.54, 1.807) is 0 Å². The number of likely N-dealkylation sites (N-methyl/N-ethyl adjacent to an activating group) is 1. The van der Waals surface area contributed by atoms with Crippen molar-refractivity contribution in [1.82, 2.24) is 9.80 Å². The number of β-amino-alcohol motifs (C(OH)–C–C–N with tert-alkyl or cyclic N) is 1. The number of halogens is 1. The van der Waals surface area contributed by atoms with Crippen LogP contribution < -0.4 is 0 Å². The summed E-state index contributed by atoms with van der Waals surface area (Å²) in [6.45, 7) is 1.47. The summed E-state index contributed by atoms with van der Waals surface area (Å²) < 4.78 is 13.4. The standard InChI is InChI=1S/C14H20FN3O3/c1-16(2)8-12-6-13(19)9-17(12)7-10-5-11(15)3-4-14(10)18(20)21/h3-5,12-13,19H,6-9H2,1-2H3. The highest BCUT2D eigenvalue weighted by molar-refractivity contribution is 5.40. The smallest absolute Gasteiger partial charge is 0.274 e. The third-order valence-electron chi connectivity index (χ3n) is 3.69. The van der Waals surface area contributed by atoms with Gasteiger partial charge in [-0.25, -0.2) is 4.39 Å². The van der Waals surface area contributed by atoms with Gasteiger partial charge in [0.2, 0.25) is 0 Å². The molecule has 6 nitrogen and oxygen atoms in total. The summed E-state index contributed by atoms with van der Waals surface area (Å²) in [5.74, 6) is -0.487. The van der Waals surface area contributed by atoms with Gasteiger partial charge in [-0.2, -0.15) is 0 Å². The second-order valence-corrected chi connectivity index (χ2v) is 5.77. The Balaban J connectivity index is 2.19. The molecule has 1 N–H and O–H groups in total. The molecule has 1 aliphatic heterocycles. The van der Waals surface area contributed by atoms with Gasteiger partial charge in [-0.05, 0) is 32.6 Å². The number of hydrogen-bond donors (Lipinski definition) is 1. The van der Waals surface area contributed by atoms with Crippen LogP contribution in [0, 0.1) is 15.9 Å². The fourth-order valence-electron chi connectivity index (χ4n) is 2.84. The summed E-state index contributed by atoms with van der Waals surface area (Å²) in [6, 6.07) is 3.60. The van der Waals surface area contributed by atoms with Crippen LogP contribution in [0.25, 0.3) is 0 Å². The molecule has 0 spiro atoms. The van der Waals surface area contributed by atoms with E-state index < -0.39 is 16.8 Å².